The fourth-order valence-electron chi connectivity index (χ4n) is 2.59. The van der Waals surface area contributed by atoms with Crippen molar-refractivity contribution >= 4 is 28.5 Å². The summed E-state index contributed by atoms with van der Waals surface area (Å²) in [5.41, 5.74) is 1.89. The van der Waals surface area contributed by atoms with Crippen molar-refractivity contribution in [1.29, 1.82) is 0 Å². The van der Waals surface area contributed by atoms with Crippen molar-refractivity contribution in [2.24, 2.45) is 0 Å². The van der Waals surface area contributed by atoms with Crippen molar-refractivity contribution in [3.05, 3.63) is 65.4 Å². The van der Waals surface area contributed by atoms with Gasteiger partial charge in [-0.15, -0.1) is 0 Å². The number of aryl methyl sites for hydroxylation is 1. The molecule has 0 aliphatic rings. The van der Waals surface area contributed by atoms with Crippen LogP contribution in [0.25, 0.3) is 10.9 Å². The van der Waals surface area contributed by atoms with Gasteiger partial charge in [0.15, 0.2) is 0 Å². The molecule has 3 aromatic rings. The highest BCUT2D eigenvalue weighted by Crippen LogP contribution is 2.25. The predicted molar refractivity (Wildman–Crippen MR) is 94.4 cm³/mol. The lowest BCUT2D eigenvalue weighted by atomic mass is 10.1. The number of carboxylic acids is 1. The van der Waals surface area contributed by atoms with Gasteiger partial charge >= 0.3 is 5.97 Å². The Morgan fingerprint density at radius 1 is 1.12 bits per heavy atom. The van der Waals surface area contributed by atoms with Crippen LogP contribution in [0.3, 0.4) is 0 Å². The average molecular weight is 336 g/mol. The average Bonchev–Trinajstić information content (AvgIpc) is 2.61. The first-order valence-corrected chi connectivity index (χ1v) is 7.57. The molecule has 1 aromatic heterocycles. The number of benzene rings is 2. The molecule has 2 aromatic carbocycles. The Kier molecular flexibility index (Phi) is 4.35. The minimum absolute atomic E-state index is 0.0357. The Bertz CT molecular complexity index is 982. The number of anilines is 1. The van der Waals surface area contributed by atoms with E-state index in [9.17, 15) is 14.7 Å². The van der Waals surface area contributed by atoms with Gasteiger partial charge in [-0.1, -0.05) is 17.7 Å². The summed E-state index contributed by atoms with van der Waals surface area (Å²) in [6.07, 6.45) is 1.60. The Morgan fingerprint density at radius 2 is 1.92 bits per heavy atom. The van der Waals surface area contributed by atoms with E-state index in [1.165, 1.54) is 13.2 Å². The van der Waals surface area contributed by atoms with Gasteiger partial charge in [-0.3, -0.25) is 9.78 Å². The van der Waals surface area contributed by atoms with E-state index in [0.717, 1.165) is 10.9 Å². The van der Waals surface area contributed by atoms with Crippen LogP contribution >= 0.6 is 0 Å². The van der Waals surface area contributed by atoms with Crippen LogP contribution < -0.4 is 10.1 Å². The molecule has 6 nitrogen and oxygen atoms in total. The second kappa shape index (κ2) is 6.60. The topological polar surface area (TPSA) is 88.5 Å². The second-order valence-electron chi connectivity index (χ2n) is 5.56. The molecule has 1 amide bonds. The molecule has 25 heavy (non-hydrogen) atoms. The number of nitrogens with one attached hydrogen (secondary N) is 1. The van der Waals surface area contributed by atoms with Crippen LogP contribution in [0.5, 0.6) is 5.75 Å². The highest BCUT2D eigenvalue weighted by Gasteiger charge is 2.17. The smallest absolute Gasteiger partial charge is 0.337 e. The summed E-state index contributed by atoms with van der Waals surface area (Å²) >= 11 is 0. The molecule has 0 unspecified atom stereocenters. The van der Waals surface area contributed by atoms with E-state index >= 15 is 0 Å². The number of aromatic carboxylic acids is 1. The number of pyridine rings is 1. The summed E-state index contributed by atoms with van der Waals surface area (Å²) in [6, 6.07) is 11.8. The summed E-state index contributed by atoms with van der Waals surface area (Å²) in [7, 11) is 1.52. The van der Waals surface area contributed by atoms with Gasteiger partial charge in [0, 0.05) is 11.6 Å². The lowest BCUT2D eigenvalue weighted by Crippen LogP contribution is -2.16. The minimum Gasteiger partial charge on any atom is -0.497 e. The Labute approximate surface area is 144 Å². The number of carboxylic acid groups (broad SMARTS) is 1. The molecule has 3 rings (SSSR count). The van der Waals surface area contributed by atoms with Gasteiger partial charge in [0.2, 0.25) is 0 Å². The fraction of sp³-hybridized carbons (Fsp3) is 0.105. The van der Waals surface area contributed by atoms with Crippen LogP contribution in [0, 0.1) is 6.92 Å². The van der Waals surface area contributed by atoms with Crippen LogP contribution in [0.4, 0.5) is 5.69 Å². The summed E-state index contributed by atoms with van der Waals surface area (Å²) in [5, 5.41) is 12.8. The number of hydrogen-bond acceptors (Lipinski definition) is 4. The van der Waals surface area contributed by atoms with E-state index in [2.05, 4.69) is 10.3 Å². The molecule has 126 valence electrons. The van der Waals surface area contributed by atoms with Gasteiger partial charge in [0.05, 0.1) is 29.4 Å². The van der Waals surface area contributed by atoms with Gasteiger partial charge in [0.25, 0.3) is 5.91 Å². The van der Waals surface area contributed by atoms with E-state index in [0.29, 0.717) is 16.8 Å². The molecule has 0 saturated carbocycles. The maximum atomic E-state index is 12.8. The number of carbonyl (C=O) groups excluding carboxylic acids is 1. The third kappa shape index (κ3) is 3.28. The third-order valence-corrected chi connectivity index (χ3v) is 3.81. The number of ether oxygens (including phenoxy) is 1. The molecular weight excluding hydrogens is 320 g/mol. The van der Waals surface area contributed by atoms with E-state index < -0.39 is 11.9 Å². The molecule has 0 saturated heterocycles. The van der Waals surface area contributed by atoms with E-state index in [1.54, 1.807) is 43.5 Å². The van der Waals surface area contributed by atoms with Crippen molar-refractivity contribution < 1.29 is 19.4 Å². The van der Waals surface area contributed by atoms with Gasteiger partial charge < -0.3 is 15.2 Å². The fourth-order valence-corrected chi connectivity index (χ4v) is 2.59. The maximum absolute atomic E-state index is 12.8. The quantitative estimate of drug-likeness (QED) is 0.761. The van der Waals surface area contributed by atoms with Crippen LogP contribution in [-0.2, 0) is 0 Å². The highest BCUT2D eigenvalue weighted by molar-refractivity contribution is 6.13. The first kappa shape index (κ1) is 16.4. The molecular formula is C19H16N2O4. The van der Waals surface area contributed by atoms with Crippen LogP contribution in [0.2, 0.25) is 0 Å². The van der Waals surface area contributed by atoms with Crippen molar-refractivity contribution in [3.63, 3.8) is 0 Å². The van der Waals surface area contributed by atoms with E-state index in [-0.39, 0.29) is 11.3 Å². The number of rotatable bonds is 4. The van der Waals surface area contributed by atoms with Crippen LogP contribution in [-0.4, -0.2) is 29.1 Å². The molecule has 0 atom stereocenters. The Balaban J connectivity index is 2.05. The lowest BCUT2D eigenvalue weighted by Gasteiger charge is -2.12. The van der Waals surface area contributed by atoms with Crippen LogP contribution in [0.15, 0.2) is 48.7 Å². The third-order valence-electron chi connectivity index (χ3n) is 3.81. The molecule has 6 heteroatoms. The minimum atomic E-state index is -1.10. The lowest BCUT2D eigenvalue weighted by molar-refractivity contribution is 0.0698. The molecule has 0 aliphatic heterocycles. The molecule has 2 N–H and O–H groups in total. The summed E-state index contributed by atoms with van der Waals surface area (Å²) in [6.45, 7) is 1.79. The van der Waals surface area contributed by atoms with Crippen molar-refractivity contribution in [1.82, 2.24) is 4.98 Å². The SMILES string of the molecule is COc1cc(C(=O)Nc2ccc(C)cc2C(=O)O)c2ncccc2c1. The van der Waals surface area contributed by atoms with Crippen molar-refractivity contribution in [2.75, 3.05) is 12.4 Å². The molecule has 0 radical (unpaired) electrons. The zero-order valence-electron chi connectivity index (χ0n) is 13.7. The van der Waals surface area contributed by atoms with Gasteiger partial charge in [-0.2, -0.15) is 0 Å². The number of amides is 1. The van der Waals surface area contributed by atoms with Crippen molar-refractivity contribution in [3.8, 4) is 5.75 Å². The maximum Gasteiger partial charge on any atom is 0.337 e. The summed E-state index contributed by atoms with van der Waals surface area (Å²) in [4.78, 5) is 28.4. The van der Waals surface area contributed by atoms with Gasteiger partial charge in [0.1, 0.15) is 5.75 Å². The molecule has 0 spiro atoms. The number of hydrogen-bond donors (Lipinski definition) is 2. The number of methoxy groups -OCH3 is 1. The number of fused-ring (bicyclic) bond motifs is 1. The first-order chi connectivity index (χ1) is 12.0. The molecule has 0 bridgehead atoms. The standard InChI is InChI=1S/C19H16N2O4/c1-11-5-6-16(14(8-11)19(23)24)21-18(22)15-10-13(25-2)9-12-4-3-7-20-17(12)15/h3-10H,1-2H3,(H,21,22)(H,23,24). The molecule has 0 aliphatic carbocycles. The Hall–Kier alpha value is -3.41. The van der Waals surface area contributed by atoms with E-state index in [4.69, 9.17) is 4.74 Å². The molecule has 1 heterocycles. The van der Waals surface area contributed by atoms with Crippen LogP contribution in [0.1, 0.15) is 26.3 Å². The Morgan fingerprint density at radius 3 is 2.64 bits per heavy atom. The zero-order valence-corrected chi connectivity index (χ0v) is 13.7. The van der Waals surface area contributed by atoms with Gasteiger partial charge in [-0.25, -0.2) is 4.79 Å². The largest absolute Gasteiger partial charge is 0.497 e. The number of carbonyl (C=O) groups is 2. The zero-order chi connectivity index (χ0) is 18.0. The van der Waals surface area contributed by atoms with Gasteiger partial charge in [-0.05, 0) is 37.3 Å². The summed E-state index contributed by atoms with van der Waals surface area (Å²) in [5.74, 6) is -1.03. The molecule has 0 fully saturated rings. The second-order valence-corrected chi connectivity index (χ2v) is 5.56. The number of aromatic nitrogens is 1. The summed E-state index contributed by atoms with van der Waals surface area (Å²) < 4.78 is 5.24. The van der Waals surface area contributed by atoms with E-state index in [1.807, 2.05) is 6.07 Å². The normalized spacial score (nSPS) is 10.5. The predicted octanol–water partition coefficient (Wildman–Crippen LogP) is 3.50. The highest BCUT2D eigenvalue weighted by atomic mass is 16.5. The van der Waals surface area contributed by atoms with Crippen molar-refractivity contribution in [2.45, 2.75) is 6.92 Å². The first-order valence-electron chi connectivity index (χ1n) is 7.57. The monoisotopic (exact) mass is 336 g/mol. The number of nitrogens with zero attached hydrogens (tertiary/aromatic N) is 1.